The monoisotopic (exact) mass is 395 g/mol. The largest absolute Gasteiger partial charge is 0.325 e. The highest BCUT2D eigenvalue weighted by Gasteiger charge is 2.53. The van der Waals surface area contributed by atoms with Crippen LogP contribution in [-0.2, 0) is 21.5 Å². The summed E-state index contributed by atoms with van der Waals surface area (Å²) in [4.78, 5) is 42.2. The van der Waals surface area contributed by atoms with Gasteiger partial charge in [0.25, 0.3) is 5.91 Å². The number of benzene rings is 1. The first-order valence-corrected chi connectivity index (χ1v) is 10.8. The van der Waals surface area contributed by atoms with Gasteiger partial charge in [0.2, 0.25) is 5.91 Å². The van der Waals surface area contributed by atoms with E-state index in [-0.39, 0.29) is 18.4 Å². The molecule has 154 valence electrons. The minimum absolute atomic E-state index is 0.192. The molecular formula is C23H29N3O3. The highest BCUT2D eigenvalue weighted by molar-refractivity contribution is 6.09. The van der Waals surface area contributed by atoms with Crippen LogP contribution in [0.15, 0.2) is 36.0 Å². The van der Waals surface area contributed by atoms with Crippen LogP contribution < -0.4 is 5.32 Å². The van der Waals surface area contributed by atoms with Crippen molar-refractivity contribution in [2.45, 2.75) is 63.8 Å². The van der Waals surface area contributed by atoms with Gasteiger partial charge in [0, 0.05) is 12.2 Å². The van der Waals surface area contributed by atoms with Crippen molar-refractivity contribution in [2.75, 3.05) is 13.1 Å². The molecule has 6 heteroatoms. The molecule has 1 atom stereocenters. The molecule has 1 aromatic rings. The number of carbonyl (C=O) groups excluding carboxylic acids is 3. The summed E-state index contributed by atoms with van der Waals surface area (Å²) in [6, 6.07) is 7.39. The standard InChI is InChI=1S/C23H29N3O3/c1-2-25(18-12-4-3-5-13-18)20(27)16-26-21(28)23(24-22(26)29)15-9-8-11-17-10-6-7-14-19(17)23/h6-7,10,12,14H,2-5,8-9,11,13,15-16H2,1H3,(H,24,29)/t23-/m0/s1. The third kappa shape index (κ3) is 3.45. The van der Waals surface area contributed by atoms with Gasteiger partial charge >= 0.3 is 6.03 Å². The van der Waals surface area contributed by atoms with Crippen molar-refractivity contribution >= 4 is 17.8 Å². The Labute approximate surface area is 171 Å². The van der Waals surface area contributed by atoms with Crippen LogP contribution in [0.25, 0.3) is 0 Å². The first-order chi connectivity index (χ1) is 14.1. The van der Waals surface area contributed by atoms with E-state index in [9.17, 15) is 14.4 Å². The molecule has 0 unspecified atom stereocenters. The molecule has 0 saturated carbocycles. The summed E-state index contributed by atoms with van der Waals surface area (Å²) in [5, 5.41) is 2.96. The SMILES string of the molecule is CCN(C(=O)CN1C(=O)N[C@]2(CCCCc3ccccc32)C1=O)C1=CCCCC1. The first kappa shape index (κ1) is 19.7. The molecule has 2 aliphatic carbocycles. The average Bonchev–Trinajstić information content (AvgIpc) is 2.88. The van der Waals surface area contributed by atoms with Crippen LogP contribution in [0.4, 0.5) is 4.79 Å². The Morgan fingerprint density at radius 3 is 2.69 bits per heavy atom. The van der Waals surface area contributed by atoms with Gasteiger partial charge in [0.1, 0.15) is 12.1 Å². The zero-order valence-corrected chi connectivity index (χ0v) is 17.1. The van der Waals surface area contributed by atoms with E-state index in [4.69, 9.17) is 0 Å². The van der Waals surface area contributed by atoms with Crippen molar-refractivity contribution in [3.05, 3.63) is 47.2 Å². The molecule has 29 heavy (non-hydrogen) atoms. The average molecular weight is 396 g/mol. The number of hydrogen-bond acceptors (Lipinski definition) is 3. The van der Waals surface area contributed by atoms with Crippen molar-refractivity contribution in [1.82, 2.24) is 15.1 Å². The van der Waals surface area contributed by atoms with Crippen molar-refractivity contribution in [2.24, 2.45) is 0 Å². The van der Waals surface area contributed by atoms with Gasteiger partial charge in [-0.25, -0.2) is 4.79 Å². The predicted molar refractivity (Wildman–Crippen MR) is 110 cm³/mol. The van der Waals surface area contributed by atoms with Crippen molar-refractivity contribution in [1.29, 1.82) is 0 Å². The molecule has 4 rings (SSSR count). The first-order valence-electron chi connectivity index (χ1n) is 10.8. The molecule has 1 fully saturated rings. The van der Waals surface area contributed by atoms with E-state index in [1.165, 1.54) is 0 Å². The summed E-state index contributed by atoms with van der Waals surface area (Å²) in [5.41, 5.74) is 1.97. The quantitative estimate of drug-likeness (QED) is 0.794. The second-order valence-electron chi connectivity index (χ2n) is 8.17. The molecule has 1 spiro atoms. The number of allylic oxidation sites excluding steroid dienone is 2. The number of rotatable bonds is 4. The topological polar surface area (TPSA) is 69.7 Å². The normalized spacial score (nSPS) is 24.0. The number of likely N-dealkylation sites (N-methyl/N-ethyl adjacent to an activating group) is 1. The van der Waals surface area contributed by atoms with Gasteiger partial charge in [-0.1, -0.05) is 30.3 Å². The van der Waals surface area contributed by atoms with E-state index in [2.05, 4.69) is 11.4 Å². The van der Waals surface area contributed by atoms with Gasteiger partial charge in [-0.05, 0) is 69.4 Å². The Kier molecular flexibility index (Phi) is 5.43. The maximum Gasteiger partial charge on any atom is 0.325 e. The molecule has 1 N–H and O–H groups in total. The van der Waals surface area contributed by atoms with E-state index < -0.39 is 11.6 Å². The fraction of sp³-hybridized carbons (Fsp3) is 0.522. The van der Waals surface area contributed by atoms with E-state index in [1.807, 2.05) is 31.2 Å². The Morgan fingerprint density at radius 2 is 1.93 bits per heavy atom. The molecule has 0 bridgehead atoms. The smallest absolute Gasteiger partial charge is 0.319 e. The summed E-state index contributed by atoms with van der Waals surface area (Å²) in [7, 11) is 0. The number of carbonyl (C=O) groups is 3. The number of aryl methyl sites for hydroxylation is 1. The van der Waals surface area contributed by atoms with E-state index in [1.54, 1.807) is 4.90 Å². The zero-order valence-electron chi connectivity index (χ0n) is 17.1. The lowest BCUT2D eigenvalue weighted by molar-refractivity contribution is -0.138. The fourth-order valence-corrected chi connectivity index (χ4v) is 4.94. The summed E-state index contributed by atoms with van der Waals surface area (Å²) in [6.07, 6.45) is 9.48. The van der Waals surface area contributed by atoms with Gasteiger partial charge in [-0.2, -0.15) is 0 Å². The Bertz CT molecular complexity index is 863. The molecule has 6 nitrogen and oxygen atoms in total. The summed E-state index contributed by atoms with van der Waals surface area (Å²) in [5.74, 6) is -0.484. The number of hydrogen-bond donors (Lipinski definition) is 1. The van der Waals surface area contributed by atoms with Crippen LogP contribution in [0, 0.1) is 0 Å². The third-order valence-corrected chi connectivity index (χ3v) is 6.43. The van der Waals surface area contributed by atoms with Gasteiger partial charge in [-0.3, -0.25) is 14.5 Å². The number of imide groups is 1. The molecule has 1 saturated heterocycles. The van der Waals surface area contributed by atoms with Gasteiger partial charge in [0.15, 0.2) is 0 Å². The van der Waals surface area contributed by atoms with Crippen molar-refractivity contribution in [3.63, 3.8) is 0 Å². The summed E-state index contributed by atoms with van der Waals surface area (Å²) < 4.78 is 0. The number of urea groups is 1. The predicted octanol–water partition coefficient (Wildman–Crippen LogP) is 3.47. The minimum Gasteiger partial charge on any atom is -0.319 e. The number of nitrogens with zero attached hydrogens (tertiary/aromatic N) is 2. The van der Waals surface area contributed by atoms with Crippen molar-refractivity contribution < 1.29 is 14.4 Å². The molecule has 0 radical (unpaired) electrons. The van der Waals surface area contributed by atoms with Crippen LogP contribution in [-0.4, -0.2) is 40.7 Å². The highest BCUT2D eigenvalue weighted by Crippen LogP contribution is 2.39. The second-order valence-corrected chi connectivity index (χ2v) is 8.17. The fourth-order valence-electron chi connectivity index (χ4n) is 4.94. The number of amides is 4. The number of fused-ring (bicyclic) bond motifs is 2. The summed E-state index contributed by atoms with van der Waals surface area (Å²) in [6.45, 7) is 2.27. The van der Waals surface area contributed by atoms with Crippen LogP contribution in [0.3, 0.4) is 0 Å². The maximum atomic E-state index is 13.5. The molecule has 1 aromatic carbocycles. The molecule has 3 aliphatic rings. The van der Waals surface area contributed by atoms with Gasteiger partial charge in [0.05, 0.1) is 0 Å². The van der Waals surface area contributed by atoms with Crippen molar-refractivity contribution in [3.8, 4) is 0 Å². The van der Waals surface area contributed by atoms with Crippen LogP contribution >= 0.6 is 0 Å². The molecule has 4 amide bonds. The van der Waals surface area contributed by atoms with E-state index in [0.29, 0.717) is 13.0 Å². The Morgan fingerprint density at radius 1 is 1.14 bits per heavy atom. The summed E-state index contributed by atoms with van der Waals surface area (Å²) >= 11 is 0. The molecular weight excluding hydrogens is 366 g/mol. The zero-order chi connectivity index (χ0) is 20.4. The Hall–Kier alpha value is -2.63. The lowest BCUT2D eigenvalue weighted by Crippen LogP contribution is -2.46. The van der Waals surface area contributed by atoms with E-state index in [0.717, 1.165) is 66.7 Å². The molecule has 1 aliphatic heterocycles. The second kappa shape index (κ2) is 8.01. The lowest BCUT2D eigenvalue weighted by atomic mass is 9.84. The van der Waals surface area contributed by atoms with Crippen LogP contribution in [0.5, 0.6) is 0 Å². The van der Waals surface area contributed by atoms with E-state index >= 15 is 0 Å². The van der Waals surface area contributed by atoms with Crippen LogP contribution in [0.1, 0.15) is 63.0 Å². The molecule has 0 aromatic heterocycles. The van der Waals surface area contributed by atoms with Crippen LogP contribution in [0.2, 0.25) is 0 Å². The lowest BCUT2D eigenvalue weighted by Gasteiger charge is -2.29. The highest BCUT2D eigenvalue weighted by atomic mass is 16.2. The maximum absolute atomic E-state index is 13.5. The van der Waals surface area contributed by atoms with Gasteiger partial charge in [-0.15, -0.1) is 0 Å². The molecule has 1 heterocycles. The van der Waals surface area contributed by atoms with Gasteiger partial charge < -0.3 is 10.2 Å². The minimum atomic E-state index is -1.04. The third-order valence-electron chi connectivity index (χ3n) is 6.43. The Balaban J connectivity index is 1.59. The number of nitrogens with one attached hydrogen (secondary N) is 1.